The molecule has 2 fully saturated rings. The van der Waals surface area contributed by atoms with Crippen molar-refractivity contribution in [2.24, 2.45) is 7.05 Å². The van der Waals surface area contributed by atoms with Crippen LogP contribution < -0.4 is 78.7 Å². The molecule has 3 aromatic carbocycles. The van der Waals surface area contributed by atoms with Crippen LogP contribution in [0.1, 0.15) is 53.2 Å². The first-order valence-corrected chi connectivity index (χ1v) is 19.3. The van der Waals surface area contributed by atoms with Gasteiger partial charge in [-0.1, -0.05) is 80.1 Å². The van der Waals surface area contributed by atoms with Gasteiger partial charge in [-0.15, -0.1) is 6.58 Å². The fourth-order valence-electron chi connectivity index (χ4n) is 7.32. The number of carbonyl (C=O) groups is 4. The Labute approximate surface area is 370 Å². The molecule has 1 aromatic heterocycles. The molecule has 0 radical (unpaired) electrons. The summed E-state index contributed by atoms with van der Waals surface area (Å²) in [5.74, 6) is -0.837. The van der Waals surface area contributed by atoms with Gasteiger partial charge < -0.3 is 38.6 Å². The van der Waals surface area contributed by atoms with Crippen LogP contribution in [0.5, 0.6) is 5.75 Å². The molecule has 0 bridgehead atoms. The smallest absolute Gasteiger partial charge is 0.780 e. The molecular formula is C39H43N6Na2O8P. The Morgan fingerprint density at radius 2 is 1.71 bits per heavy atom. The van der Waals surface area contributed by atoms with Crippen molar-refractivity contribution in [2.75, 3.05) is 19.6 Å². The molecule has 2 aliphatic heterocycles. The van der Waals surface area contributed by atoms with E-state index in [1.54, 1.807) is 16.0 Å². The minimum absolute atomic E-state index is 0. The van der Waals surface area contributed by atoms with Crippen LogP contribution in [0, 0.1) is 0 Å². The number of Topliss-reactive ketones (excluding diaryl/α,β-unsaturated/α-hetero) is 1. The molecule has 0 saturated carbocycles. The van der Waals surface area contributed by atoms with Gasteiger partial charge in [0.2, 0.25) is 11.8 Å². The van der Waals surface area contributed by atoms with Gasteiger partial charge in [0.25, 0.3) is 0 Å². The Kier molecular flexibility index (Phi) is 16.2. The van der Waals surface area contributed by atoms with E-state index in [1.165, 1.54) is 34.2 Å². The number of piperazine rings is 1. The number of unbranched alkanes of at least 4 members (excludes halogenated alkanes) is 1. The molecular weight excluding hydrogens is 757 g/mol. The molecule has 17 heteroatoms. The van der Waals surface area contributed by atoms with Gasteiger partial charge in [-0.2, -0.15) is 0 Å². The van der Waals surface area contributed by atoms with Crippen LogP contribution in [-0.2, 0) is 40.7 Å². The van der Waals surface area contributed by atoms with E-state index < -0.39 is 26.1 Å². The maximum Gasteiger partial charge on any atom is 1.00 e. The van der Waals surface area contributed by atoms with Crippen molar-refractivity contribution in [3.8, 4) is 5.75 Å². The number of amides is 4. The molecule has 284 valence electrons. The Morgan fingerprint density at radius 3 is 2.38 bits per heavy atom. The van der Waals surface area contributed by atoms with E-state index in [-0.39, 0.29) is 122 Å². The number of ketones is 1. The van der Waals surface area contributed by atoms with E-state index in [0.29, 0.717) is 17.5 Å². The van der Waals surface area contributed by atoms with Gasteiger partial charge in [-0.25, -0.2) is 14.8 Å². The second-order valence-electron chi connectivity index (χ2n) is 13.5. The summed E-state index contributed by atoms with van der Waals surface area (Å²) in [5, 5.41) is 6.87. The third-order valence-corrected chi connectivity index (χ3v) is 10.2. The van der Waals surface area contributed by atoms with Gasteiger partial charge >= 0.3 is 65.1 Å². The molecule has 0 aliphatic carbocycles. The zero-order chi connectivity index (χ0) is 38.6. The molecule has 0 unspecified atom stereocenters. The second-order valence-corrected chi connectivity index (χ2v) is 14.6. The van der Waals surface area contributed by atoms with Gasteiger partial charge in [0.1, 0.15) is 25.8 Å². The van der Waals surface area contributed by atoms with Gasteiger partial charge in [-0.3, -0.25) is 14.4 Å². The number of benzene rings is 3. The molecule has 6 rings (SSSR count). The number of aryl methyl sites for hydroxylation is 1. The number of phosphoric ester groups is 1. The summed E-state index contributed by atoms with van der Waals surface area (Å²) in [5.41, 5.74) is 3.66. The monoisotopic (exact) mass is 800 g/mol. The summed E-state index contributed by atoms with van der Waals surface area (Å²) in [6.45, 7) is 6.23. The van der Waals surface area contributed by atoms with E-state index >= 15 is 0 Å². The summed E-state index contributed by atoms with van der Waals surface area (Å²) >= 11 is 0. The topological polar surface area (TPSA) is 171 Å². The average molecular weight is 801 g/mol. The number of nitrogens with zero attached hydrogens (tertiary/aromatic N) is 5. The number of carbonyl (C=O) groups excluding carboxylic acids is 4. The van der Waals surface area contributed by atoms with Crippen LogP contribution in [0.2, 0.25) is 0 Å². The number of nitrogens with one attached hydrogen (secondary N) is 1. The van der Waals surface area contributed by atoms with Crippen LogP contribution in [-0.4, -0.2) is 79.9 Å². The Bertz CT molecular complexity index is 2090. The van der Waals surface area contributed by atoms with Crippen molar-refractivity contribution in [3.05, 3.63) is 114 Å². The van der Waals surface area contributed by atoms with E-state index in [1.807, 2.05) is 73.3 Å². The van der Waals surface area contributed by atoms with Crippen molar-refractivity contribution in [1.82, 2.24) is 29.7 Å². The van der Waals surface area contributed by atoms with E-state index in [0.717, 1.165) is 34.9 Å². The van der Waals surface area contributed by atoms with Crippen LogP contribution in [0.15, 0.2) is 91.6 Å². The first-order valence-electron chi connectivity index (χ1n) is 17.9. The number of hydrazine groups is 1. The van der Waals surface area contributed by atoms with Gasteiger partial charge in [0.05, 0.1) is 18.6 Å². The quantitative estimate of drug-likeness (QED) is 0.0628. The summed E-state index contributed by atoms with van der Waals surface area (Å²) in [4.78, 5) is 81.4. The molecule has 14 nitrogen and oxygen atoms in total. The largest absolute Gasteiger partial charge is 1.00 e. The number of hydrogen-bond acceptors (Lipinski definition) is 9. The number of urea groups is 1. The molecule has 2 aliphatic rings. The van der Waals surface area contributed by atoms with Crippen molar-refractivity contribution in [3.63, 3.8) is 0 Å². The third-order valence-electron chi connectivity index (χ3n) is 9.74. The first-order chi connectivity index (χ1) is 25.9. The van der Waals surface area contributed by atoms with Crippen LogP contribution in [0.4, 0.5) is 4.79 Å². The summed E-state index contributed by atoms with van der Waals surface area (Å²) in [6, 6.07) is 19.2. The number of phosphoric acid groups is 1. The number of para-hydroxylation sites is 1. The first kappa shape index (κ1) is 45.4. The van der Waals surface area contributed by atoms with Crippen LogP contribution >= 0.6 is 7.82 Å². The fraction of sp³-hybridized carbons (Fsp3) is 0.333. The minimum Gasteiger partial charge on any atom is -0.780 e. The predicted octanol–water partition coefficient (Wildman–Crippen LogP) is -2.50. The zero-order valence-corrected chi connectivity index (χ0v) is 37.2. The molecule has 2 saturated heterocycles. The predicted molar refractivity (Wildman–Crippen MR) is 197 cm³/mol. The minimum atomic E-state index is -5.29. The van der Waals surface area contributed by atoms with Crippen LogP contribution in [0.3, 0.4) is 0 Å². The van der Waals surface area contributed by atoms with Crippen molar-refractivity contribution in [1.29, 1.82) is 0 Å². The number of rotatable bonds is 14. The molecule has 0 spiro atoms. The van der Waals surface area contributed by atoms with Crippen LogP contribution in [0.25, 0.3) is 10.9 Å². The number of fused-ring (bicyclic) bond motifs is 2. The fourth-order valence-corrected chi connectivity index (χ4v) is 7.70. The van der Waals surface area contributed by atoms with E-state index in [2.05, 4.69) is 16.4 Å². The normalized spacial score (nSPS) is 17.2. The van der Waals surface area contributed by atoms with Gasteiger partial charge in [0.15, 0.2) is 5.78 Å². The molecule has 1 N–H and O–H groups in total. The maximum absolute atomic E-state index is 14.6. The molecule has 3 heterocycles. The molecule has 2 atom stereocenters. The summed E-state index contributed by atoms with van der Waals surface area (Å²) in [6.07, 6.45) is 4.65. The van der Waals surface area contributed by atoms with Gasteiger partial charge in [-0.05, 0) is 35.2 Å². The maximum atomic E-state index is 14.6. The average Bonchev–Trinajstić information content (AvgIpc) is 3.49. The Balaban J connectivity index is 0.00000348. The number of aromatic nitrogens is 1. The zero-order valence-electron chi connectivity index (χ0n) is 32.3. The van der Waals surface area contributed by atoms with Crippen molar-refractivity contribution < 1.29 is 97.2 Å². The Hall–Kier alpha value is -3.27. The van der Waals surface area contributed by atoms with Gasteiger partial charge in [0, 0.05) is 56.7 Å². The van der Waals surface area contributed by atoms with E-state index in [4.69, 9.17) is 0 Å². The van der Waals surface area contributed by atoms with Crippen molar-refractivity contribution in [2.45, 2.75) is 57.9 Å². The molecule has 4 aromatic rings. The number of hydrogen-bond donors (Lipinski definition) is 1. The van der Waals surface area contributed by atoms with E-state index in [9.17, 15) is 33.5 Å². The second kappa shape index (κ2) is 19.9. The standard InChI is InChI=1S/C39H45N6O8P.2Na/c1-4-6-15-34(46)32-24-41(3)37-29(13-10-14-31(32)37)23-42-25-35-44(33(38(42)48)21-27-16-18-30(19-17-27)53-54(50,51)52)36(47)26-43(20-5-2)45(35)39(49)40-22-28-11-8-7-9-12-28;;/h5,7-14,16-19,24,33,35H,2,4,6,15,20-23,25-26H2,1,3H3,(H,40,49)(H2,50,51,52);;/q;2*+1/p-2/t33-,35-;;/m0../s1. The SMILES string of the molecule is C=CCN1CC(=O)N2[C@@H](Cc3ccc(OP(=O)([O-])[O-])cc3)C(=O)N(Cc3cccc4c(C(=O)CCCC)cn(C)c34)C[C@@H]2N1C(=O)NCc1ccccc1.[Na+].[Na+]. The summed E-state index contributed by atoms with van der Waals surface area (Å²) in [7, 11) is -3.43. The Morgan fingerprint density at radius 1 is 1.00 bits per heavy atom. The molecule has 56 heavy (non-hydrogen) atoms. The molecule has 4 amide bonds. The van der Waals surface area contributed by atoms with Crippen molar-refractivity contribution >= 4 is 42.4 Å². The third kappa shape index (κ3) is 10.4. The summed E-state index contributed by atoms with van der Waals surface area (Å²) < 4.78 is 17.6.